The molecule has 1 aliphatic heterocycles. The molecule has 0 atom stereocenters. The molecule has 0 aliphatic carbocycles. The van der Waals surface area contributed by atoms with E-state index in [-0.39, 0.29) is 23.1 Å². The van der Waals surface area contributed by atoms with E-state index < -0.39 is 9.84 Å². The average Bonchev–Trinajstić information content (AvgIpc) is 2.27. The number of hydrogen-bond acceptors (Lipinski definition) is 4. The highest BCUT2D eigenvalue weighted by molar-refractivity contribution is 7.91. The van der Waals surface area contributed by atoms with Gasteiger partial charge in [-0.3, -0.25) is 4.79 Å². The Morgan fingerprint density at radius 2 is 1.94 bits per heavy atom. The minimum atomic E-state index is -2.82. The summed E-state index contributed by atoms with van der Waals surface area (Å²) in [7, 11) is -1.12. The van der Waals surface area contributed by atoms with Gasteiger partial charge in [0.05, 0.1) is 17.2 Å². The summed E-state index contributed by atoms with van der Waals surface area (Å²) in [4.78, 5) is 11.2. The molecule has 2 rings (SSSR count). The monoisotopic (exact) mass is 256 g/mol. The molecule has 5 nitrogen and oxygen atoms in total. The van der Waals surface area contributed by atoms with E-state index >= 15 is 0 Å². The van der Waals surface area contributed by atoms with Crippen molar-refractivity contribution in [2.45, 2.75) is 18.9 Å². The number of nitrogens with zero attached hydrogens (tertiary/aromatic N) is 1. The number of aryl methyl sites for hydroxylation is 1. The highest BCUT2D eigenvalue weighted by Gasteiger charge is 2.23. The molecule has 17 heavy (non-hydrogen) atoms. The number of aromatic nitrogens is 1. The molecule has 0 saturated carbocycles. The second-order valence-electron chi connectivity index (χ2n) is 4.44. The molecule has 1 N–H and O–H groups in total. The fourth-order valence-corrected chi connectivity index (χ4v) is 3.44. The van der Waals surface area contributed by atoms with Crippen LogP contribution in [0.25, 0.3) is 0 Å². The Labute approximate surface area is 100 Å². The van der Waals surface area contributed by atoms with Gasteiger partial charge in [0.2, 0.25) is 5.56 Å². The van der Waals surface area contributed by atoms with E-state index in [1.807, 2.05) is 0 Å². The maximum absolute atomic E-state index is 11.3. The van der Waals surface area contributed by atoms with Crippen LogP contribution in [0, 0.1) is 0 Å². The molecule has 2 heterocycles. The predicted octanol–water partition coefficient (Wildman–Crippen LogP) is 0.374. The molecule has 1 saturated heterocycles. The Kier molecular flexibility index (Phi) is 3.24. The average molecular weight is 256 g/mol. The van der Waals surface area contributed by atoms with Crippen LogP contribution < -0.4 is 10.9 Å². The quantitative estimate of drug-likeness (QED) is 0.830. The largest absolute Gasteiger partial charge is 0.381 e. The molecule has 0 bridgehead atoms. The maximum atomic E-state index is 11.3. The van der Waals surface area contributed by atoms with Gasteiger partial charge < -0.3 is 9.88 Å². The van der Waals surface area contributed by atoms with E-state index in [0.29, 0.717) is 12.8 Å². The topological polar surface area (TPSA) is 68.2 Å². The van der Waals surface area contributed by atoms with Crippen LogP contribution in [0.4, 0.5) is 5.69 Å². The normalized spacial score (nSPS) is 20.1. The second kappa shape index (κ2) is 4.52. The van der Waals surface area contributed by atoms with Crippen molar-refractivity contribution in [1.82, 2.24) is 4.57 Å². The van der Waals surface area contributed by atoms with Crippen LogP contribution in [0.1, 0.15) is 12.8 Å². The van der Waals surface area contributed by atoms with Crippen LogP contribution in [-0.4, -0.2) is 30.5 Å². The molecule has 1 aromatic rings. The first kappa shape index (κ1) is 12.2. The number of hydrogen-bond donors (Lipinski definition) is 1. The molecule has 0 amide bonds. The Bertz CT molecular complexity index is 548. The molecule has 0 radical (unpaired) electrons. The lowest BCUT2D eigenvalue weighted by Gasteiger charge is -2.24. The van der Waals surface area contributed by atoms with Crippen LogP contribution in [-0.2, 0) is 16.9 Å². The molecule has 1 aromatic heterocycles. The zero-order chi connectivity index (χ0) is 12.5. The van der Waals surface area contributed by atoms with Crippen LogP contribution >= 0.6 is 0 Å². The van der Waals surface area contributed by atoms with Crippen molar-refractivity contribution in [2.75, 3.05) is 16.8 Å². The smallest absolute Gasteiger partial charge is 0.250 e. The van der Waals surface area contributed by atoms with E-state index in [9.17, 15) is 13.2 Å². The molecule has 1 aliphatic rings. The Morgan fingerprint density at radius 3 is 2.53 bits per heavy atom. The van der Waals surface area contributed by atoms with E-state index in [1.165, 1.54) is 10.6 Å². The van der Waals surface area contributed by atoms with E-state index in [2.05, 4.69) is 5.32 Å². The Hall–Kier alpha value is -1.30. The van der Waals surface area contributed by atoms with Crippen molar-refractivity contribution < 1.29 is 8.42 Å². The summed E-state index contributed by atoms with van der Waals surface area (Å²) in [5.41, 5.74) is 0.804. The van der Waals surface area contributed by atoms with Gasteiger partial charge in [0.1, 0.15) is 9.84 Å². The minimum Gasteiger partial charge on any atom is -0.381 e. The molecule has 1 fully saturated rings. The van der Waals surface area contributed by atoms with Crippen molar-refractivity contribution in [1.29, 1.82) is 0 Å². The summed E-state index contributed by atoms with van der Waals surface area (Å²) in [6, 6.07) is 3.41. The number of nitrogens with one attached hydrogen (secondary N) is 1. The van der Waals surface area contributed by atoms with Crippen LogP contribution in [0.5, 0.6) is 0 Å². The molecule has 0 unspecified atom stereocenters. The third-order valence-corrected chi connectivity index (χ3v) is 4.73. The van der Waals surface area contributed by atoms with Gasteiger partial charge in [-0.15, -0.1) is 0 Å². The van der Waals surface area contributed by atoms with Crippen molar-refractivity contribution in [3.63, 3.8) is 0 Å². The van der Waals surface area contributed by atoms with Crippen LogP contribution in [0.3, 0.4) is 0 Å². The summed E-state index contributed by atoms with van der Waals surface area (Å²) in [5.74, 6) is 0.493. The molecule has 0 aromatic carbocycles. The molecular weight excluding hydrogens is 240 g/mol. The summed E-state index contributed by atoms with van der Waals surface area (Å²) >= 11 is 0. The van der Waals surface area contributed by atoms with Gasteiger partial charge in [-0.1, -0.05) is 0 Å². The van der Waals surface area contributed by atoms with E-state index in [0.717, 1.165) is 5.69 Å². The maximum Gasteiger partial charge on any atom is 0.250 e. The van der Waals surface area contributed by atoms with Crippen molar-refractivity contribution in [3.8, 4) is 0 Å². The van der Waals surface area contributed by atoms with Gasteiger partial charge in [0, 0.05) is 25.4 Å². The Balaban J connectivity index is 2.02. The fourth-order valence-electron chi connectivity index (χ4n) is 1.95. The first-order chi connectivity index (χ1) is 7.96. The molecule has 0 spiro atoms. The second-order valence-corrected chi connectivity index (χ2v) is 6.74. The predicted molar refractivity (Wildman–Crippen MR) is 67.0 cm³/mol. The van der Waals surface area contributed by atoms with Gasteiger partial charge in [-0.25, -0.2) is 8.42 Å². The van der Waals surface area contributed by atoms with Gasteiger partial charge in [0.15, 0.2) is 0 Å². The lowest BCUT2D eigenvalue weighted by Crippen LogP contribution is -2.32. The lowest BCUT2D eigenvalue weighted by molar-refractivity contribution is 0.559. The van der Waals surface area contributed by atoms with Gasteiger partial charge >= 0.3 is 0 Å². The minimum absolute atomic E-state index is 0.0539. The number of anilines is 1. The number of sulfone groups is 1. The van der Waals surface area contributed by atoms with Gasteiger partial charge in [-0.2, -0.15) is 0 Å². The molecule has 94 valence electrons. The van der Waals surface area contributed by atoms with Crippen LogP contribution in [0.2, 0.25) is 0 Å². The zero-order valence-electron chi connectivity index (χ0n) is 9.72. The van der Waals surface area contributed by atoms with Crippen molar-refractivity contribution in [2.24, 2.45) is 7.05 Å². The van der Waals surface area contributed by atoms with Crippen LogP contribution in [0.15, 0.2) is 23.1 Å². The Morgan fingerprint density at radius 1 is 1.29 bits per heavy atom. The lowest BCUT2D eigenvalue weighted by atomic mass is 10.1. The third-order valence-electron chi connectivity index (χ3n) is 3.01. The summed E-state index contributed by atoms with van der Waals surface area (Å²) in [6.07, 6.45) is 2.99. The van der Waals surface area contributed by atoms with E-state index in [1.54, 1.807) is 19.3 Å². The zero-order valence-corrected chi connectivity index (χ0v) is 10.5. The van der Waals surface area contributed by atoms with Crippen molar-refractivity contribution in [3.05, 3.63) is 28.7 Å². The SMILES string of the molecule is Cn1cc(NC2CCS(=O)(=O)CC2)ccc1=O. The molecular formula is C11H16N2O3S. The van der Waals surface area contributed by atoms with Gasteiger partial charge in [0.25, 0.3) is 0 Å². The first-order valence-corrected chi connectivity index (χ1v) is 7.42. The van der Waals surface area contributed by atoms with Crippen molar-refractivity contribution >= 4 is 15.5 Å². The van der Waals surface area contributed by atoms with Gasteiger partial charge in [-0.05, 0) is 18.9 Å². The highest BCUT2D eigenvalue weighted by atomic mass is 32.2. The summed E-state index contributed by atoms with van der Waals surface area (Å²) in [6.45, 7) is 0. The standard InChI is InChI=1S/C11H16N2O3S/c1-13-8-10(2-3-11(13)14)12-9-4-6-17(15,16)7-5-9/h2-3,8-9,12H,4-7H2,1H3. The summed E-state index contributed by atoms with van der Waals surface area (Å²) < 4.78 is 24.1. The number of rotatable bonds is 2. The number of pyridine rings is 1. The fraction of sp³-hybridized carbons (Fsp3) is 0.545. The summed E-state index contributed by atoms with van der Waals surface area (Å²) in [5, 5.41) is 3.26. The highest BCUT2D eigenvalue weighted by Crippen LogP contribution is 2.16. The van der Waals surface area contributed by atoms with E-state index in [4.69, 9.17) is 0 Å². The first-order valence-electron chi connectivity index (χ1n) is 5.60. The third kappa shape index (κ3) is 3.09. The molecule has 6 heteroatoms.